The number of amides is 2. The summed E-state index contributed by atoms with van der Waals surface area (Å²) in [6, 6.07) is 10.1. The Kier molecular flexibility index (Phi) is 3.72. The summed E-state index contributed by atoms with van der Waals surface area (Å²) in [5.74, 6) is 0.434. The molecule has 21 heavy (non-hydrogen) atoms. The number of benzene rings is 1. The first-order chi connectivity index (χ1) is 10.1. The molecular weight excluding hydrogens is 264 g/mol. The third kappa shape index (κ3) is 2.33. The van der Waals surface area contributed by atoms with Gasteiger partial charge in [0.2, 0.25) is 0 Å². The van der Waals surface area contributed by atoms with Crippen molar-refractivity contribution in [1.82, 2.24) is 4.90 Å². The van der Waals surface area contributed by atoms with Crippen molar-refractivity contribution in [3.63, 3.8) is 0 Å². The van der Waals surface area contributed by atoms with Crippen LogP contribution < -0.4 is 4.90 Å². The maximum absolute atomic E-state index is 12.9. The van der Waals surface area contributed by atoms with E-state index in [2.05, 4.69) is 26.0 Å². The molecule has 0 aromatic heterocycles. The number of hydrogen-bond acceptors (Lipinski definition) is 2. The average molecular weight is 286 g/mol. The van der Waals surface area contributed by atoms with Crippen LogP contribution in [-0.2, 0) is 4.74 Å². The van der Waals surface area contributed by atoms with E-state index in [0.29, 0.717) is 5.92 Å². The Morgan fingerprint density at radius 1 is 1.19 bits per heavy atom. The molecule has 1 saturated heterocycles. The SMILES string of the molecule is CO[C@@H]1C=C[C@@H]2C1N(CC(C)C)C(=O)N2c1ccccc1. The number of methoxy groups -OCH3 is 1. The maximum atomic E-state index is 12.9. The normalized spacial score (nSPS) is 27.8. The molecular formula is C17H22N2O2. The van der Waals surface area contributed by atoms with E-state index in [1.54, 1.807) is 7.11 Å². The second-order valence-electron chi connectivity index (χ2n) is 6.10. The van der Waals surface area contributed by atoms with E-state index in [1.807, 2.05) is 40.1 Å². The molecule has 0 bridgehead atoms. The van der Waals surface area contributed by atoms with E-state index < -0.39 is 0 Å². The zero-order valence-electron chi connectivity index (χ0n) is 12.8. The lowest BCUT2D eigenvalue weighted by atomic mass is 10.1. The quantitative estimate of drug-likeness (QED) is 0.797. The van der Waals surface area contributed by atoms with Crippen molar-refractivity contribution in [1.29, 1.82) is 0 Å². The first-order valence-corrected chi connectivity index (χ1v) is 7.49. The van der Waals surface area contributed by atoms with Gasteiger partial charge in [-0.1, -0.05) is 44.2 Å². The minimum absolute atomic E-state index is 0.0218. The Morgan fingerprint density at radius 2 is 1.90 bits per heavy atom. The molecule has 3 rings (SSSR count). The summed E-state index contributed by atoms with van der Waals surface area (Å²) in [4.78, 5) is 16.7. The molecule has 112 valence electrons. The van der Waals surface area contributed by atoms with Crippen molar-refractivity contribution in [3.8, 4) is 0 Å². The summed E-state index contributed by atoms with van der Waals surface area (Å²) in [7, 11) is 1.71. The fraction of sp³-hybridized carbons (Fsp3) is 0.471. The van der Waals surface area contributed by atoms with Crippen LogP contribution in [-0.4, -0.2) is 42.8 Å². The summed E-state index contributed by atoms with van der Waals surface area (Å²) >= 11 is 0. The van der Waals surface area contributed by atoms with Crippen LogP contribution in [0.3, 0.4) is 0 Å². The Bertz CT molecular complexity index is 541. The van der Waals surface area contributed by atoms with Crippen LogP contribution in [0.15, 0.2) is 42.5 Å². The lowest BCUT2D eigenvalue weighted by molar-refractivity contribution is 0.0738. The van der Waals surface area contributed by atoms with Gasteiger partial charge < -0.3 is 9.64 Å². The smallest absolute Gasteiger partial charge is 0.325 e. The molecule has 2 aliphatic rings. The molecule has 4 nitrogen and oxygen atoms in total. The summed E-state index contributed by atoms with van der Waals surface area (Å²) in [6.45, 7) is 5.03. The number of hydrogen-bond donors (Lipinski definition) is 0. The van der Waals surface area contributed by atoms with Gasteiger partial charge in [0.15, 0.2) is 0 Å². The van der Waals surface area contributed by atoms with Crippen LogP contribution in [0, 0.1) is 5.92 Å². The third-order valence-electron chi connectivity index (χ3n) is 4.16. The van der Waals surface area contributed by atoms with Crippen LogP contribution in [0.2, 0.25) is 0 Å². The van der Waals surface area contributed by atoms with Gasteiger partial charge in [-0.25, -0.2) is 4.79 Å². The standard InChI is InChI=1S/C17H22N2O2/c1-12(2)11-18-16-14(9-10-15(16)21-3)19(17(18)20)13-7-5-4-6-8-13/h4-10,12,14-16H,11H2,1-3H3/t14-,15-,16?/m1/s1. The molecule has 1 aromatic carbocycles. The van der Waals surface area contributed by atoms with Gasteiger partial charge in [0, 0.05) is 19.3 Å². The van der Waals surface area contributed by atoms with Gasteiger partial charge in [0.05, 0.1) is 18.2 Å². The largest absolute Gasteiger partial charge is 0.375 e. The zero-order valence-corrected chi connectivity index (χ0v) is 12.8. The van der Waals surface area contributed by atoms with Crippen molar-refractivity contribution in [2.75, 3.05) is 18.6 Å². The van der Waals surface area contributed by atoms with Gasteiger partial charge in [0.1, 0.15) is 0 Å². The Morgan fingerprint density at radius 3 is 2.52 bits per heavy atom. The number of rotatable bonds is 4. The molecule has 0 saturated carbocycles. The van der Waals surface area contributed by atoms with Crippen molar-refractivity contribution in [2.24, 2.45) is 5.92 Å². The van der Waals surface area contributed by atoms with Crippen molar-refractivity contribution >= 4 is 11.7 Å². The molecule has 1 aliphatic heterocycles. The topological polar surface area (TPSA) is 32.8 Å². The average Bonchev–Trinajstić information content (AvgIpc) is 2.99. The highest BCUT2D eigenvalue weighted by atomic mass is 16.5. The van der Waals surface area contributed by atoms with Gasteiger partial charge in [0.25, 0.3) is 0 Å². The van der Waals surface area contributed by atoms with Gasteiger partial charge in [-0.2, -0.15) is 0 Å². The van der Waals surface area contributed by atoms with Crippen LogP contribution >= 0.6 is 0 Å². The van der Waals surface area contributed by atoms with E-state index in [4.69, 9.17) is 4.74 Å². The summed E-state index contributed by atoms with van der Waals surface area (Å²) in [5.41, 5.74) is 0.949. The highest BCUT2D eigenvalue weighted by Crippen LogP contribution is 2.36. The predicted octanol–water partition coefficient (Wildman–Crippen LogP) is 2.91. The Hall–Kier alpha value is -1.81. The molecule has 1 unspecified atom stereocenters. The second kappa shape index (κ2) is 5.53. The van der Waals surface area contributed by atoms with E-state index in [1.165, 1.54) is 0 Å². The molecule has 1 fully saturated rings. The minimum atomic E-state index is -0.0218. The van der Waals surface area contributed by atoms with Gasteiger partial charge in [-0.15, -0.1) is 0 Å². The van der Waals surface area contributed by atoms with Crippen molar-refractivity contribution < 1.29 is 9.53 Å². The zero-order chi connectivity index (χ0) is 15.0. The Labute approximate surface area is 126 Å². The molecule has 0 N–H and O–H groups in total. The summed E-state index contributed by atoms with van der Waals surface area (Å²) in [5, 5.41) is 0. The van der Waals surface area contributed by atoms with Gasteiger partial charge in [-0.05, 0) is 18.1 Å². The number of carbonyl (C=O) groups excluding carboxylic acids is 1. The predicted molar refractivity (Wildman–Crippen MR) is 83.4 cm³/mol. The van der Waals surface area contributed by atoms with E-state index >= 15 is 0 Å². The van der Waals surface area contributed by atoms with E-state index in [-0.39, 0.29) is 24.2 Å². The molecule has 2 amide bonds. The number of carbonyl (C=O) groups is 1. The molecule has 0 radical (unpaired) electrons. The maximum Gasteiger partial charge on any atom is 0.325 e. The van der Waals surface area contributed by atoms with Gasteiger partial charge >= 0.3 is 6.03 Å². The lowest BCUT2D eigenvalue weighted by Gasteiger charge is -2.28. The summed E-state index contributed by atoms with van der Waals surface area (Å²) in [6.07, 6.45) is 4.15. The molecule has 1 heterocycles. The van der Waals surface area contributed by atoms with Crippen molar-refractivity contribution in [2.45, 2.75) is 32.0 Å². The number of fused-ring (bicyclic) bond motifs is 1. The molecule has 0 spiro atoms. The fourth-order valence-electron chi connectivity index (χ4n) is 3.32. The first-order valence-electron chi connectivity index (χ1n) is 7.49. The molecule has 4 heteroatoms. The van der Waals surface area contributed by atoms with Crippen LogP contribution in [0.4, 0.5) is 10.5 Å². The van der Waals surface area contributed by atoms with Crippen LogP contribution in [0.1, 0.15) is 13.8 Å². The number of nitrogens with zero attached hydrogens (tertiary/aromatic N) is 2. The lowest BCUT2D eigenvalue weighted by Crippen LogP contribution is -2.44. The molecule has 1 aliphatic carbocycles. The second-order valence-corrected chi connectivity index (χ2v) is 6.10. The highest BCUT2D eigenvalue weighted by molar-refractivity contribution is 5.96. The number of para-hydroxylation sites is 1. The Balaban J connectivity index is 1.96. The summed E-state index contributed by atoms with van der Waals surface area (Å²) < 4.78 is 5.56. The highest BCUT2D eigenvalue weighted by Gasteiger charge is 2.50. The number of anilines is 1. The third-order valence-corrected chi connectivity index (χ3v) is 4.16. The minimum Gasteiger partial charge on any atom is -0.375 e. The molecule has 3 atom stereocenters. The monoisotopic (exact) mass is 286 g/mol. The van der Waals surface area contributed by atoms with E-state index in [9.17, 15) is 4.79 Å². The van der Waals surface area contributed by atoms with E-state index in [0.717, 1.165) is 12.2 Å². The van der Waals surface area contributed by atoms with Crippen LogP contribution in [0.25, 0.3) is 0 Å². The van der Waals surface area contributed by atoms with Gasteiger partial charge in [-0.3, -0.25) is 4.90 Å². The first kappa shape index (κ1) is 14.1. The fourth-order valence-corrected chi connectivity index (χ4v) is 3.32. The number of urea groups is 1. The van der Waals surface area contributed by atoms with Crippen molar-refractivity contribution in [3.05, 3.63) is 42.5 Å². The molecule has 1 aromatic rings. The van der Waals surface area contributed by atoms with Crippen LogP contribution in [0.5, 0.6) is 0 Å². The number of ether oxygens (including phenoxy) is 1.